The van der Waals surface area contributed by atoms with Crippen LogP contribution in [0.1, 0.15) is 30.3 Å². The molecule has 0 saturated carbocycles. The lowest BCUT2D eigenvalue weighted by atomic mass is 10.1. The number of nitrogens with zero attached hydrogens (tertiary/aromatic N) is 2. The van der Waals surface area contributed by atoms with Crippen molar-refractivity contribution in [2.75, 3.05) is 6.61 Å². The van der Waals surface area contributed by atoms with Gasteiger partial charge >= 0.3 is 0 Å². The predicted octanol–water partition coefficient (Wildman–Crippen LogP) is 5.38. The van der Waals surface area contributed by atoms with E-state index in [-0.39, 0.29) is 0 Å². The Kier molecular flexibility index (Phi) is 5.06. The number of nitrogens with one attached hydrogen (secondary N) is 1. The Bertz CT molecular complexity index is 982. The molecule has 0 aliphatic carbocycles. The van der Waals surface area contributed by atoms with Crippen LogP contribution in [-0.2, 0) is 0 Å². The van der Waals surface area contributed by atoms with Gasteiger partial charge in [-0.05, 0) is 55.3 Å². The molecule has 0 amide bonds. The van der Waals surface area contributed by atoms with Gasteiger partial charge in [0.15, 0.2) is 0 Å². The molecule has 1 heterocycles. The number of hydrogen-bond donors (Lipinski definition) is 1. The molecule has 0 radical (unpaired) electrons. The van der Waals surface area contributed by atoms with Crippen LogP contribution in [0.25, 0.3) is 22.7 Å². The number of halogens is 1. The summed E-state index contributed by atoms with van der Waals surface area (Å²) in [4.78, 5) is 7.72. The first-order valence-corrected chi connectivity index (χ1v) is 8.49. The Balaban J connectivity index is 2.05. The molecule has 0 aliphatic heterocycles. The van der Waals surface area contributed by atoms with Gasteiger partial charge in [-0.3, -0.25) is 0 Å². The molecule has 0 spiro atoms. The number of benzene rings is 2. The number of H-pyrrole nitrogens is 1. The lowest BCUT2D eigenvalue weighted by molar-refractivity contribution is 0.317. The molecule has 126 valence electrons. The van der Waals surface area contributed by atoms with Crippen LogP contribution in [-0.4, -0.2) is 16.6 Å². The number of fused-ring (bicyclic) bond motifs is 1. The molecule has 3 aromatic rings. The summed E-state index contributed by atoms with van der Waals surface area (Å²) in [6, 6.07) is 13.5. The molecule has 5 heteroatoms. The van der Waals surface area contributed by atoms with Crippen LogP contribution < -0.4 is 4.74 Å². The fraction of sp³-hybridized carbons (Fsp3) is 0.200. The Hall–Kier alpha value is -2.77. The Morgan fingerprint density at radius 2 is 2.16 bits per heavy atom. The smallest absolute Gasteiger partial charge is 0.149 e. The van der Waals surface area contributed by atoms with E-state index in [4.69, 9.17) is 16.3 Å². The molecule has 3 rings (SSSR count). The highest BCUT2D eigenvalue weighted by molar-refractivity contribution is 6.30. The third-order valence-electron chi connectivity index (χ3n) is 3.75. The van der Waals surface area contributed by atoms with Crippen LogP contribution in [0.4, 0.5) is 0 Å². The number of aryl methyl sites for hydroxylation is 1. The lowest BCUT2D eigenvalue weighted by Gasteiger charge is -2.09. The van der Waals surface area contributed by atoms with Gasteiger partial charge in [-0.25, -0.2) is 4.98 Å². The van der Waals surface area contributed by atoms with Crippen LogP contribution in [0.2, 0.25) is 5.02 Å². The SMILES string of the molecule is CCCOc1ccc(Cl)cc1/C=C(\C#N)c1nc2ccc(C)cc2[nH]1. The monoisotopic (exact) mass is 351 g/mol. The van der Waals surface area contributed by atoms with Crippen molar-refractivity contribution < 1.29 is 4.74 Å². The molecule has 0 bridgehead atoms. The molecule has 0 aliphatic rings. The molecular formula is C20H18ClN3O. The second kappa shape index (κ2) is 7.42. The minimum atomic E-state index is 0.428. The summed E-state index contributed by atoms with van der Waals surface area (Å²) in [6.07, 6.45) is 2.65. The van der Waals surface area contributed by atoms with E-state index >= 15 is 0 Å². The number of imidazole rings is 1. The molecule has 2 aromatic carbocycles. The number of aromatic nitrogens is 2. The molecule has 25 heavy (non-hydrogen) atoms. The molecule has 1 aromatic heterocycles. The molecule has 4 nitrogen and oxygen atoms in total. The van der Waals surface area contributed by atoms with E-state index in [1.165, 1.54) is 0 Å². The largest absolute Gasteiger partial charge is 0.493 e. The fourth-order valence-corrected chi connectivity index (χ4v) is 2.72. The van der Waals surface area contributed by atoms with Gasteiger partial charge < -0.3 is 9.72 Å². The van der Waals surface area contributed by atoms with E-state index in [0.717, 1.165) is 28.6 Å². The van der Waals surface area contributed by atoms with Gasteiger partial charge in [0.1, 0.15) is 17.6 Å². The standard InChI is InChI=1S/C20H18ClN3O/c1-3-8-25-19-7-5-16(21)11-14(19)10-15(12-22)20-23-17-6-4-13(2)9-18(17)24-20/h4-7,9-11H,3,8H2,1-2H3,(H,23,24)/b15-10+. The van der Waals surface area contributed by atoms with Gasteiger partial charge in [-0.2, -0.15) is 5.26 Å². The third kappa shape index (κ3) is 3.84. The van der Waals surface area contributed by atoms with Crippen molar-refractivity contribution in [2.24, 2.45) is 0 Å². The number of allylic oxidation sites excluding steroid dienone is 1. The lowest BCUT2D eigenvalue weighted by Crippen LogP contribution is -1.97. The van der Waals surface area contributed by atoms with E-state index in [9.17, 15) is 5.26 Å². The highest BCUT2D eigenvalue weighted by Gasteiger charge is 2.10. The van der Waals surface area contributed by atoms with Gasteiger partial charge in [0.25, 0.3) is 0 Å². The number of aromatic amines is 1. The van der Waals surface area contributed by atoms with Crippen molar-refractivity contribution in [1.29, 1.82) is 5.26 Å². The third-order valence-corrected chi connectivity index (χ3v) is 3.98. The van der Waals surface area contributed by atoms with Crippen molar-refractivity contribution in [1.82, 2.24) is 9.97 Å². The van der Waals surface area contributed by atoms with Crippen LogP contribution in [0.5, 0.6) is 5.75 Å². The average molecular weight is 352 g/mol. The summed E-state index contributed by atoms with van der Waals surface area (Å²) in [6.45, 7) is 4.67. The number of rotatable bonds is 5. The molecule has 1 N–H and O–H groups in total. The van der Waals surface area contributed by atoms with Crippen LogP contribution >= 0.6 is 11.6 Å². The first kappa shape index (κ1) is 17.1. The number of ether oxygens (including phenoxy) is 1. The van der Waals surface area contributed by atoms with Crippen molar-refractivity contribution in [2.45, 2.75) is 20.3 Å². The maximum atomic E-state index is 9.60. The van der Waals surface area contributed by atoms with E-state index < -0.39 is 0 Å². The zero-order valence-electron chi connectivity index (χ0n) is 14.1. The number of nitriles is 1. The fourth-order valence-electron chi connectivity index (χ4n) is 2.54. The Morgan fingerprint density at radius 1 is 1.32 bits per heavy atom. The summed E-state index contributed by atoms with van der Waals surface area (Å²) in [5.41, 5.74) is 4.06. The van der Waals surface area contributed by atoms with E-state index in [1.54, 1.807) is 18.2 Å². The van der Waals surface area contributed by atoms with Crippen molar-refractivity contribution >= 4 is 34.3 Å². The van der Waals surface area contributed by atoms with E-state index in [0.29, 0.717) is 28.8 Å². The van der Waals surface area contributed by atoms with Crippen LogP contribution in [0, 0.1) is 18.3 Å². The molecule has 0 atom stereocenters. The van der Waals surface area contributed by atoms with Crippen molar-refractivity contribution in [3.8, 4) is 11.8 Å². The molecular weight excluding hydrogens is 334 g/mol. The molecule has 0 fully saturated rings. The summed E-state index contributed by atoms with van der Waals surface area (Å²) < 4.78 is 5.75. The topological polar surface area (TPSA) is 61.7 Å². The summed E-state index contributed by atoms with van der Waals surface area (Å²) in [5, 5.41) is 10.2. The Labute approximate surface area is 151 Å². The molecule has 0 saturated heterocycles. The predicted molar refractivity (Wildman–Crippen MR) is 102 cm³/mol. The minimum absolute atomic E-state index is 0.428. The van der Waals surface area contributed by atoms with Gasteiger partial charge in [-0.1, -0.05) is 24.6 Å². The minimum Gasteiger partial charge on any atom is -0.493 e. The summed E-state index contributed by atoms with van der Waals surface area (Å²) in [5.74, 6) is 1.23. The van der Waals surface area contributed by atoms with Crippen LogP contribution in [0.3, 0.4) is 0 Å². The van der Waals surface area contributed by atoms with Gasteiger partial charge in [-0.15, -0.1) is 0 Å². The molecule has 0 unspecified atom stereocenters. The van der Waals surface area contributed by atoms with E-state index in [2.05, 4.69) is 16.0 Å². The average Bonchev–Trinajstić information content (AvgIpc) is 3.01. The van der Waals surface area contributed by atoms with Gasteiger partial charge in [0, 0.05) is 10.6 Å². The first-order chi connectivity index (χ1) is 12.1. The van der Waals surface area contributed by atoms with Crippen LogP contribution in [0.15, 0.2) is 36.4 Å². The first-order valence-electron chi connectivity index (χ1n) is 8.11. The van der Waals surface area contributed by atoms with Gasteiger partial charge in [0.2, 0.25) is 0 Å². The van der Waals surface area contributed by atoms with E-state index in [1.807, 2.05) is 38.1 Å². The normalized spacial score (nSPS) is 11.5. The van der Waals surface area contributed by atoms with Crippen molar-refractivity contribution in [3.63, 3.8) is 0 Å². The zero-order valence-corrected chi connectivity index (χ0v) is 14.9. The highest BCUT2D eigenvalue weighted by atomic mass is 35.5. The second-order valence-corrected chi connectivity index (χ2v) is 6.24. The summed E-state index contributed by atoms with van der Waals surface area (Å²) >= 11 is 6.11. The van der Waals surface area contributed by atoms with Gasteiger partial charge in [0.05, 0.1) is 23.2 Å². The quantitative estimate of drug-likeness (QED) is 0.628. The maximum absolute atomic E-state index is 9.60. The Morgan fingerprint density at radius 3 is 2.92 bits per heavy atom. The zero-order chi connectivity index (χ0) is 17.8. The van der Waals surface area contributed by atoms with Crippen molar-refractivity contribution in [3.05, 3.63) is 58.4 Å². The highest BCUT2D eigenvalue weighted by Crippen LogP contribution is 2.28. The second-order valence-electron chi connectivity index (χ2n) is 5.81. The number of hydrogen-bond acceptors (Lipinski definition) is 3. The summed E-state index contributed by atoms with van der Waals surface area (Å²) in [7, 11) is 0. The maximum Gasteiger partial charge on any atom is 0.149 e.